The molecule has 1 saturated heterocycles. The molecule has 1 aromatic rings. The molecule has 0 radical (unpaired) electrons. The quantitative estimate of drug-likeness (QED) is 0.766. The normalized spacial score (nSPS) is 17.4. The predicted octanol–water partition coefficient (Wildman–Crippen LogP) is 2.17. The largest absolute Gasteiger partial charge is 0.302 e. The van der Waals surface area contributed by atoms with Crippen LogP contribution in [0.4, 0.5) is 4.39 Å². The Bertz CT molecular complexity index is 414. The molecule has 5 heteroatoms. The maximum Gasteiger partial charge on any atom is 0.259 e. The minimum Gasteiger partial charge on any atom is -0.302 e. The Morgan fingerprint density at radius 1 is 1.32 bits per heavy atom. The second-order valence-electron chi connectivity index (χ2n) is 4.92. The topological polar surface area (TPSA) is 32.6 Å². The van der Waals surface area contributed by atoms with Gasteiger partial charge in [0.25, 0.3) is 6.04 Å². The Balaban J connectivity index is 1.74. The number of hydrogen-bond acceptors (Lipinski definition) is 3. The van der Waals surface area contributed by atoms with Crippen LogP contribution in [0.2, 0.25) is 0 Å². The first kappa shape index (κ1) is 13.9. The van der Waals surface area contributed by atoms with E-state index in [4.69, 9.17) is 0 Å². The van der Waals surface area contributed by atoms with E-state index in [9.17, 15) is 9.30 Å². The lowest BCUT2D eigenvalue weighted by Gasteiger charge is -2.27. The highest BCUT2D eigenvalue weighted by molar-refractivity contribution is 5.16. The zero-order valence-corrected chi connectivity index (χ0v) is 11.2. The molecule has 0 saturated carbocycles. The van der Waals surface area contributed by atoms with Crippen molar-refractivity contribution in [2.24, 2.45) is 0 Å². The van der Waals surface area contributed by atoms with Gasteiger partial charge >= 0.3 is 0 Å². The van der Waals surface area contributed by atoms with E-state index in [1.807, 2.05) is 12.1 Å². The fourth-order valence-corrected chi connectivity index (χ4v) is 2.44. The highest BCUT2D eigenvalue weighted by Crippen LogP contribution is 2.14. The Morgan fingerprint density at radius 2 is 1.95 bits per heavy atom. The highest BCUT2D eigenvalue weighted by atomic mass is 19.1. The smallest absolute Gasteiger partial charge is 0.259 e. The molecule has 4 nitrogen and oxygen atoms in total. The number of likely N-dealkylation sites (tertiary alicyclic amines) is 1. The number of hydrogen-bond donors (Lipinski definition) is 0. The summed E-state index contributed by atoms with van der Waals surface area (Å²) in [4.78, 5) is 19.1. The van der Waals surface area contributed by atoms with Crippen molar-refractivity contribution in [1.29, 1.82) is 0 Å². The molecule has 1 aliphatic rings. The van der Waals surface area contributed by atoms with Gasteiger partial charge in [-0.2, -0.15) is 0 Å². The van der Waals surface area contributed by atoms with Gasteiger partial charge in [0.05, 0.1) is 4.91 Å². The Morgan fingerprint density at radius 3 is 2.53 bits per heavy atom. The number of rotatable bonds is 5. The summed E-state index contributed by atoms with van der Waals surface area (Å²) in [6.07, 6.45) is 2.58. The maximum absolute atomic E-state index is 12.8. The van der Waals surface area contributed by atoms with Crippen LogP contribution in [0.3, 0.4) is 0 Å². The van der Waals surface area contributed by atoms with Gasteiger partial charge in [-0.15, -0.1) is 0 Å². The summed E-state index contributed by atoms with van der Waals surface area (Å²) >= 11 is 0. The summed E-state index contributed by atoms with van der Waals surface area (Å²) in [5.74, 6) is -0.195. The van der Waals surface area contributed by atoms with Crippen LogP contribution in [0, 0.1) is 10.7 Å². The van der Waals surface area contributed by atoms with E-state index < -0.39 is 0 Å². The Kier molecular flexibility index (Phi) is 4.85. The van der Waals surface area contributed by atoms with Crippen molar-refractivity contribution >= 4 is 0 Å². The van der Waals surface area contributed by atoms with Crippen LogP contribution in [0.25, 0.3) is 0 Å². The van der Waals surface area contributed by atoms with Crippen molar-refractivity contribution in [2.45, 2.75) is 25.3 Å². The van der Waals surface area contributed by atoms with Gasteiger partial charge in [-0.25, -0.2) is 9.23 Å². The number of halogens is 1. The van der Waals surface area contributed by atoms with Crippen LogP contribution in [0.1, 0.15) is 18.4 Å². The number of nitrogens with zero attached hydrogens (tertiary/aromatic N) is 2. The standard InChI is InChI=1S/C14H20FN2O2/c1-19-17(18)14-7-10-16(11-8-14)9-6-12-2-4-13(15)5-3-12/h2-5,14H,6-11H2,1H3/q+1. The summed E-state index contributed by atoms with van der Waals surface area (Å²) < 4.78 is 12.8. The minimum atomic E-state index is -0.195. The molecule has 0 unspecified atom stereocenters. The lowest BCUT2D eigenvalue weighted by molar-refractivity contribution is -0.821. The average Bonchev–Trinajstić information content (AvgIpc) is 2.46. The molecule has 1 heterocycles. The summed E-state index contributed by atoms with van der Waals surface area (Å²) in [5.41, 5.74) is 1.14. The molecule has 0 amide bonds. The van der Waals surface area contributed by atoms with Gasteiger partial charge in [0.2, 0.25) is 4.92 Å². The monoisotopic (exact) mass is 267 g/mol. The third-order valence-corrected chi connectivity index (χ3v) is 3.67. The second-order valence-corrected chi connectivity index (χ2v) is 4.92. The fourth-order valence-electron chi connectivity index (χ4n) is 2.44. The maximum atomic E-state index is 12.8. The molecule has 1 fully saturated rings. The van der Waals surface area contributed by atoms with Crippen LogP contribution in [0.15, 0.2) is 24.3 Å². The van der Waals surface area contributed by atoms with Crippen LogP contribution in [-0.4, -0.2) is 42.6 Å². The third kappa shape index (κ3) is 3.99. The first-order valence-electron chi connectivity index (χ1n) is 6.66. The van der Waals surface area contributed by atoms with E-state index in [0.29, 0.717) is 4.92 Å². The van der Waals surface area contributed by atoms with Gasteiger partial charge < -0.3 is 4.90 Å². The van der Waals surface area contributed by atoms with Crippen molar-refractivity contribution in [3.63, 3.8) is 0 Å². The van der Waals surface area contributed by atoms with E-state index in [1.54, 1.807) is 0 Å². The van der Waals surface area contributed by atoms with Crippen LogP contribution >= 0.6 is 0 Å². The lowest BCUT2D eigenvalue weighted by atomic mass is 10.0. The molecule has 1 aliphatic heterocycles. The number of benzene rings is 1. The van der Waals surface area contributed by atoms with Gasteiger partial charge in [0.1, 0.15) is 5.82 Å². The molecule has 0 aliphatic carbocycles. The zero-order chi connectivity index (χ0) is 13.7. The van der Waals surface area contributed by atoms with Crippen LogP contribution < -0.4 is 0 Å². The summed E-state index contributed by atoms with van der Waals surface area (Å²) in [7, 11) is 1.41. The summed E-state index contributed by atoms with van der Waals surface area (Å²) in [5, 5.41) is 0. The van der Waals surface area contributed by atoms with Gasteiger partial charge in [-0.1, -0.05) is 12.1 Å². The van der Waals surface area contributed by atoms with E-state index in [2.05, 4.69) is 9.74 Å². The highest BCUT2D eigenvalue weighted by Gasteiger charge is 2.31. The fraction of sp³-hybridized carbons (Fsp3) is 0.571. The number of piperidine rings is 1. The summed E-state index contributed by atoms with van der Waals surface area (Å²) in [6.45, 7) is 2.77. The molecule has 0 aromatic heterocycles. The Hall–Kier alpha value is -1.49. The molecule has 0 atom stereocenters. The Labute approximate surface area is 112 Å². The van der Waals surface area contributed by atoms with Crippen molar-refractivity contribution in [2.75, 3.05) is 26.7 Å². The van der Waals surface area contributed by atoms with Gasteiger partial charge in [0.15, 0.2) is 7.11 Å². The van der Waals surface area contributed by atoms with E-state index >= 15 is 0 Å². The van der Waals surface area contributed by atoms with E-state index in [0.717, 1.165) is 44.5 Å². The van der Waals surface area contributed by atoms with Crippen LogP contribution in [-0.2, 0) is 11.3 Å². The van der Waals surface area contributed by atoms with Gasteiger partial charge in [0, 0.05) is 32.5 Å². The van der Waals surface area contributed by atoms with Gasteiger partial charge in [-0.3, -0.25) is 0 Å². The van der Waals surface area contributed by atoms with Crippen LogP contribution in [0.5, 0.6) is 0 Å². The lowest BCUT2D eigenvalue weighted by Crippen LogP contribution is -2.40. The SMILES string of the molecule is CO[N+](=O)C1CCN(CCc2ccc(F)cc2)CC1. The van der Waals surface area contributed by atoms with Gasteiger partial charge in [-0.05, 0) is 24.1 Å². The molecule has 2 rings (SSSR count). The second kappa shape index (κ2) is 6.61. The first-order valence-corrected chi connectivity index (χ1v) is 6.66. The molecular weight excluding hydrogens is 247 g/mol. The van der Waals surface area contributed by atoms with E-state index in [-0.39, 0.29) is 11.9 Å². The van der Waals surface area contributed by atoms with E-state index in [1.165, 1.54) is 19.2 Å². The molecule has 1 aromatic carbocycles. The molecule has 0 bridgehead atoms. The molecular formula is C14H20FN2O2+. The molecule has 0 spiro atoms. The van der Waals surface area contributed by atoms with Crippen molar-refractivity contribution < 1.29 is 14.2 Å². The third-order valence-electron chi connectivity index (χ3n) is 3.67. The molecule has 0 N–H and O–H groups in total. The van der Waals surface area contributed by atoms with Crippen molar-refractivity contribution in [3.05, 3.63) is 40.6 Å². The first-order chi connectivity index (χ1) is 9.19. The minimum absolute atomic E-state index is 0.0212. The molecule has 19 heavy (non-hydrogen) atoms. The van der Waals surface area contributed by atoms with Crippen molar-refractivity contribution in [1.82, 2.24) is 4.90 Å². The molecule has 104 valence electrons. The average molecular weight is 267 g/mol. The predicted molar refractivity (Wildman–Crippen MR) is 70.2 cm³/mol. The zero-order valence-electron chi connectivity index (χ0n) is 11.2. The van der Waals surface area contributed by atoms with Crippen molar-refractivity contribution in [3.8, 4) is 0 Å². The summed E-state index contributed by atoms with van der Waals surface area (Å²) in [6, 6.07) is 6.62.